The number of anilines is 3. The molecule has 2 aromatic heterocycles. The summed E-state index contributed by atoms with van der Waals surface area (Å²) in [5.41, 5.74) is 2.63. The summed E-state index contributed by atoms with van der Waals surface area (Å²) in [6.07, 6.45) is 6.59. The van der Waals surface area contributed by atoms with Gasteiger partial charge in [-0.3, -0.25) is 19.8 Å². The maximum atomic E-state index is 13.2. The highest BCUT2D eigenvalue weighted by molar-refractivity contribution is 7.98. The van der Waals surface area contributed by atoms with Gasteiger partial charge in [0.25, 0.3) is 5.91 Å². The molecule has 1 saturated heterocycles. The minimum atomic E-state index is -0.443. The quantitative estimate of drug-likeness (QED) is 0.340. The molecule has 0 bridgehead atoms. The Labute approximate surface area is 238 Å². The van der Waals surface area contributed by atoms with Crippen LogP contribution in [0.1, 0.15) is 46.4 Å². The number of nitrogens with one attached hydrogen (secondary N) is 2. The second kappa shape index (κ2) is 14.1. The van der Waals surface area contributed by atoms with Crippen molar-refractivity contribution in [3.8, 4) is 6.07 Å². The summed E-state index contributed by atoms with van der Waals surface area (Å²) in [6.45, 7) is 1.90. The zero-order valence-corrected chi connectivity index (χ0v) is 23.6. The van der Waals surface area contributed by atoms with Crippen LogP contribution in [0.2, 0.25) is 0 Å². The van der Waals surface area contributed by atoms with Crippen LogP contribution in [0.25, 0.3) is 0 Å². The molecule has 0 spiro atoms. The molecule has 2 aromatic rings. The van der Waals surface area contributed by atoms with Crippen molar-refractivity contribution in [3.63, 3.8) is 0 Å². The molecule has 0 saturated carbocycles. The number of urea groups is 1. The van der Waals surface area contributed by atoms with Gasteiger partial charge in [-0.25, -0.2) is 14.8 Å². The molecule has 4 rings (SSSR count). The van der Waals surface area contributed by atoms with Crippen molar-refractivity contribution in [2.45, 2.75) is 38.3 Å². The first kappa shape index (κ1) is 30.1. The van der Waals surface area contributed by atoms with Gasteiger partial charge >= 0.3 is 6.03 Å². The molecule has 0 aromatic carbocycles. The monoisotopic (exact) mass is 573 g/mol. The fourth-order valence-corrected chi connectivity index (χ4v) is 4.87. The average Bonchev–Trinajstić information content (AvgIpc) is 3.47. The summed E-state index contributed by atoms with van der Waals surface area (Å²) in [4.78, 5) is 49.7. The third kappa shape index (κ3) is 7.17. The lowest BCUT2D eigenvalue weighted by Gasteiger charge is -2.29. The highest BCUT2D eigenvalue weighted by atomic mass is 35.5. The number of hydrogen-bond acceptors (Lipinski definition) is 9. The van der Waals surface area contributed by atoms with Crippen LogP contribution in [-0.4, -0.2) is 77.9 Å². The fourth-order valence-electron chi connectivity index (χ4n) is 4.56. The highest BCUT2D eigenvalue weighted by Crippen LogP contribution is 2.29. The number of nitrogens with zero attached hydrogens (tertiary/aromatic N) is 5. The smallest absolute Gasteiger partial charge is 0.328 e. The largest absolute Gasteiger partial charge is 0.383 e. The number of carbonyl (C=O) groups excluding carboxylic acids is 3. The zero-order valence-electron chi connectivity index (χ0n) is 21.9. The zero-order chi connectivity index (χ0) is 27.1. The summed E-state index contributed by atoms with van der Waals surface area (Å²) in [5.74, 6) is 1.47. The lowest BCUT2D eigenvalue weighted by atomic mass is 10.0. The molecule has 4 heterocycles. The van der Waals surface area contributed by atoms with Gasteiger partial charge in [-0.2, -0.15) is 17.0 Å². The van der Waals surface area contributed by atoms with Gasteiger partial charge in [-0.1, -0.05) is 0 Å². The second-order valence-corrected chi connectivity index (χ2v) is 10.1. The summed E-state index contributed by atoms with van der Waals surface area (Å²) in [7, 11) is 1.69. The van der Waals surface area contributed by atoms with Crippen molar-refractivity contribution < 1.29 is 19.1 Å². The normalized spacial score (nSPS) is 15.9. The first-order valence-electron chi connectivity index (χ1n) is 12.5. The minimum Gasteiger partial charge on any atom is -0.383 e. The molecule has 0 radical (unpaired) electrons. The number of ether oxygens (including phenoxy) is 1. The molecule has 1 atom stereocenters. The summed E-state index contributed by atoms with van der Waals surface area (Å²) in [5, 5.41) is 15.4. The van der Waals surface area contributed by atoms with Gasteiger partial charge in [0.2, 0.25) is 0 Å². The Morgan fingerprint density at radius 3 is 2.87 bits per heavy atom. The Bertz CT molecular complexity index is 1250. The first-order chi connectivity index (χ1) is 18.4. The molecule has 2 N–H and O–H groups in total. The number of nitriles is 1. The van der Waals surface area contributed by atoms with Crippen molar-refractivity contribution in [2.24, 2.45) is 0 Å². The molecular formula is C26H32ClN7O4S. The van der Waals surface area contributed by atoms with Gasteiger partial charge in [-0.15, -0.1) is 12.4 Å². The Hall–Kier alpha value is -3.40. The van der Waals surface area contributed by atoms with Gasteiger partial charge in [0.15, 0.2) is 6.29 Å². The number of hydrogen-bond donors (Lipinski definition) is 2. The molecule has 2 aliphatic heterocycles. The molecule has 11 nitrogen and oxygen atoms in total. The Morgan fingerprint density at radius 1 is 1.36 bits per heavy atom. The van der Waals surface area contributed by atoms with Gasteiger partial charge in [0.05, 0.1) is 11.3 Å². The maximum absolute atomic E-state index is 13.2. The van der Waals surface area contributed by atoms with E-state index in [1.165, 1.54) is 11.1 Å². The second-order valence-electron chi connectivity index (χ2n) is 9.16. The van der Waals surface area contributed by atoms with E-state index in [1.54, 1.807) is 29.8 Å². The van der Waals surface area contributed by atoms with Crippen molar-refractivity contribution in [1.29, 1.82) is 5.26 Å². The van der Waals surface area contributed by atoms with Crippen LogP contribution >= 0.6 is 24.2 Å². The summed E-state index contributed by atoms with van der Waals surface area (Å²) in [6, 6.07) is 5.17. The number of aryl methyl sites for hydroxylation is 1. The molecule has 1 fully saturated rings. The van der Waals surface area contributed by atoms with Crippen molar-refractivity contribution >= 4 is 59.7 Å². The van der Waals surface area contributed by atoms with E-state index in [0.29, 0.717) is 67.3 Å². The SMILES string of the molecule is CSCCNc1cc(NC(=O)N2CCCc3cc(CN(C)C(=O)[C@@H]4CCCO4)c(C=O)nc32)ncc1C#N.Cl. The first-order valence-corrected chi connectivity index (χ1v) is 13.9. The van der Waals surface area contributed by atoms with Crippen LogP contribution in [0.5, 0.6) is 0 Å². The molecular weight excluding hydrogens is 542 g/mol. The lowest BCUT2D eigenvalue weighted by Crippen LogP contribution is -2.40. The van der Waals surface area contributed by atoms with Gasteiger partial charge in [0, 0.05) is 56.9 Å². The van der Waals surface area contributed by atoms with E-state index < -0.39 is 12.1 Å². The van der Waals surface area contributed by atoms with Gasteiger partial charge in [0.1, 0.15) is 29.5 Å². The van der Waals surface area contributed by atoms with E-state index in [0.717, 1.165) is 24.2 Å². The van der Waals surface area contributed by atoms with Crippen LogP contribution < -0.4 is 15.5 Å². The van der Waals surface area contributed by atoms with Crippen LogP contribution in [-0.2, 0) is 22.5 Å². The average molecular weight is 574 g/mol. The van der Waals surface area contributed by atoms with Crippen LogP contribution in [0, 0.1) is 11.3 Å². The number of fused-ring (bicyclic) bond motifs is 1. The molecule has 39 heavy (non-hydrogen) atoms. The maximum Gasteiger partial charge on any atom is 0.328 e. The Morgan fingerprint density at radius 2 is 2.18 bits per heavy atom. The minimum absolute atomic E-state index is 0. The van der Waals surface area contributed by atoms with Crippen LogP contribution in [0.3, 0.4) is 0 Å². The number of pyridine rings is 2. The van der Waals surface area contributed by atoms with Crippen LogP contribution in [0.15, 0.2) is 18.3 Å². The van der Waals surface area contributed by atoms with Gasteiger partial charge < -0.3 is 15.0 Å². The molecule has 2 aliphatic rings. The van der Waals surface area contributed by atoms with E-state index >= 15 is 0 Å². The standard InChI is InChI=1S/C26H31N7O4S.ClH/c1-32(25(35)22-6-4-9-37-22)15-18-11-17-5-3-8-33(24(17)30-21(18)16-34)26(36)31-23-12-20(28-7-10-38-2)19(13-27)14-29-23;/h11-12,14,16,22H,3-10,15H2,1-2H3,(H2,28,29,31,36);1H/t22-;/m0./s1. The number of likely N-dealkylation sites (N-methyl/N-ethyl adjacent to an activating group) is 1. The van der Waals surface area contributed by atoms with Gasteiger partial charge in [-0.05, 0) is 43.6 Å². The number of carbonyl (C=O) groups is 3. The van der Waals surface area contributed by atoms with E-state index in [1.807, 2.05) is 12.3 Å². The van der Waals surface area contributed by atoms with E-state index in [2.05, 4.69) is 26.7 Å². The number of halogens is 1. The Kier molecular flexibility index (Phi) is 10.9. The van der Waals surface area contributed by atoms with Crippen molar-refractivity contribution in [2.75, 3.05) is 54.3 Å². The number of aromatic nitrogens is 2. The van der Waals surface area contributed by atoms with Crippen molar-refractivity contribution in [3.05, 3.63) is 40.7 Å². The summed E-state index contributed by atoms with van der Waals surface area (Å²) < 4.78 is 5.50. The molecule has 13 heteroatoms. The molecule has 208 valence electrons. The summed E-state index contributed by atoms with van der Waals surface area (Å²) >= 11 is 1.68. The fraction of sp³-hybridized carbons (Fsp3) is 0.462. The third-order valence-electron chi connectivity index (χ3n) is 6.50. The number of aldehydes is 1. The van der Waals surface area contributed by atoms with Crippen LogP contribution in [0.4, 0.5) is 22.1 Å². The number of amides is 3. The third-order valence-corrected chi connectivity index (χ3v) is 7.11. The number of thioether (sulfide) groups is 1. The van der Waals surface area contributed by atoms with E-state index in [-0.39, 0.29) is 30.6 Å². The number of rotatable bonds is 9. The lowest BCUT2D eigenvalue weighted by molar-refractivity contribution is -0.140. The molecule has 0 aliphatic carbocycles. The predicted octanol–water partition coefficient (Wildman–Crippen LogP) is 3.48. The Balaban J connectivity index is 0.00000420. The van der Waals surface area contributed by atoms with E-state index in [4.69, 9.17) is 4.74 Å². The molecule has 3 amide bonds. The topological polar surface area (TPSA) is 141 Å². The highest BCUT2D eigenvalue weighted by Gasteiger charge is 2.29. The van der Waals surface area contributed by atoms with Crippen molar-refractivity contribution in [1.82, 2.24) is 14.9 Å². The predicted molar refractivity (Wildman–Crippen MR) is 153 cm³/mol. The van der Waals surface area contributed by atoms with E-state index in [9.17, 15) is 19.6 Å². The molecule has 0 unspecified atom stereocenters.